The van der Waals surface area contributed by atoms with Gasteiger partial charge >= 0.3 is 0 Å². The zero-order chi connectivity index (χ0) is 13.2. The van der Waals surface area contributed by atoms with Crippen LogP contribution in [0.3, 0.4) is 0 Å². The maximum atomic E-state index is 5.44. The molecule has 5 heteroatoms. The standard InChI is InChI=1S/C13H25N3O2/c1-4-5-14-10-13-11-15-16(12(13)2)6-7-18-9-8-17-3/h11,14H,4-10H2,1-3H3. The molecule has 0 aliphatic heterocycles. The first kappa shape index (κ1) is 15.1. The van der Waals surface area contributed by atoms with Crippen molar-refractivity contribution in [3.63, 3.8) is 0 Å². The maximum Gasteiger partial charge on any atom is 0.0701 e. The van der Waals surface area contributed by atoms with Crippen molar-refractivity contribution < 1.29 is 9.47 Å². The molecule has 0 saturated carbocycles. The molecule has 0 spiro atoms. The van der Waals surface area contributed by atoms with E-state index in [9.17, 15) is 0 Å². The highest BCUT2D eigenvalue weighted by Crippen LogP contribution is 2.06. The van der Waals surface area contributed by atoms with Gasteiger partial charge in [0, 0.05) is 24.9 Å². The Balaban J connectivity index is 2.29. The summed E-state index contributed by atoms with van der Waals surface area (Å²) >= 11 is 0. The van der Waals surface area contributed by atoms with Crippen LogP contribution in [-0.4, -0.2) is 43.3 Å². The molecule has 0 atom stereocenters. The van der Waals surface area contributed by atoms with Crippen LogP contribution < -0.4 is 5.32 Å². The predicted molar refractivity (Wildman–Crippen MR) is 71.7 cm³/mol. The van der Waals surface area contributed by atoms with E-state index in [0.29, 0.717) is 19.8 Å². The average Bonchev–Trinajstić information content (AvgIpc) is 2.71. The Morgan fingerprint density at radius 3 is 2.89 bits per heavy atom. The zero-order valence-electron chi connectivity index (χ0n) is 11.7. The van der Waals surface area contributed by atoms with Gasteiger partial charge < -0.3 is 14.8 Å². The van der Waals surface area contributed by atoms with Gasteiger partial charge in [-0.2, -0.15) is 5.10 Å². The quantitative estimate of drug-likeness (QED) is 0.641. The number of nitrogens with zero attached hydrogens (tertiary/aromatic N) is 2. The molecule has 0 saturated heterocycles. The molecule has 1 rings (SSSR count). The van der Waals surface area contributed by atoms with E-state index in [2.05, 4.69) is 24.3 Å². The second-order valence-electron chi connectivity index (χ2n) is 4.26. The molecule has 5 nitrogen and oxygen atoms in total. The Kier molecular flexibility index (Phi) is 7.64. The van der Waals surface area contributed by atoms with Crippen LogP contribution >= 0.6 is 0 Å². The lowest BCUT2D eigenvalue weighted by atomic mass is 10.2. The van der Waals surface area contributed by atoms with Gasteiger partial charge in [0.25, 0.3) is 0 Å². The summed E-state index contributed by atoms with van der Waals surface area (Å²) in [4.78, 5) is 0. The summed E-state index contributed by atoms with van der Waals surface area (Å²) in [5.74, 6) is 0. The molecular weight excluding hydrogens is 230 g/mol. The van der Waals surface area contributed by atoms with E-state index in [4.69, 9.17) is 9.47 Å². The summed E-state index contributed by atoms with van der Waals surface area (Å²) in [7, 11) is 1.68. The van der Waals surface area contributed by atoms with Crippen LogP contribution in [0.15, 0.2) is 6.20 Å². The SMILES string of the molecule is CCCNCc1cnn(CCOCCOC)c1C. The second kappa shape index (κ2) is 9.08. The third-order valence-corrected chi connectivity index (χ3v) is 2.83. The molecule has 18 heavy (non-hydrogen) atoms. The molecular formula is C13H25N3O2. The summed E-state index contributed by atoms with van der Waals surface area (Å²) in [6, 6.07) is 0. The van der Waals surface area contributed by atoms with Crippen LogP contribution in [0.2, 0.25) is 0 Å². The number of ether oxygens (including phenoxy) is 2. The minimum Gasteiger partial charge on any atom is -0.382 e. The average molecular weight is 255 g/mol. The summed E-state index contributed by atoms with van der Waals surface area (Å²) in [6.07, 6.45) is 3.09. The lowest BCUT2D eigenvalue weighted by Crippen LogP contribution is -2.15. The van der Waals surface area contributed by atoms with Crippen molar-refractivity contribution in [2.75, 3.05) is 33.5 Å². The molecule has 1 aromatic heterocycles. The van der Waals surface area contributed by atoms with Crippen LogP contribution in [0, 0.1) is 6.92 Å². The highest BCUT2D eigenvalue weighted by molar-refractivity contribution is 5.15. The molecule has 0 radical (unpaired) electrons. The van der Waals surface area contributed by atoms with Gasteiger partial charge in [-0.1, -0.05) is 6.92 Å². The van der Waals surface area contributed by atoms with Crippen LogP contribution in [-0.2, 0) is 22.6 Å². The van der Waals surface area contributed by atoms with E-state index in [0.717, 1.165) is 26.1 Å². The first-order valence-electron chi connectivity index (χ1n) is 6.58. The molecule has 0 aromatic carbocycles. The van der Waals surface area contributed by atoms with Gasteiger partial charge in [0.15, 0.2) is 0 Å². The molecule has 1 aromatic rings. The normalized spacial score (nSPS) is 11.1. The van der Waals surface area contributed by atoms with Crippen molar-refractivity contribution in [3.05, 3.63) is 17.5 Å². The van der Waals surface area contributed by atoms with Crippen LogP contribution in [0.25, 0.3) is 0 Å². The topological polar surface area (TPSA) is 48.3 Å². The van der Waals surface area contributed by atoms with Crippen LogP contribution in [0.5, 0.6) is 0 Å². The van der Waals surface area contributed by atoms with Crippen molar-refractivity contribution in [1.82, 2.24) is 15.1 Å². The third-order valence-electron chi connectivity index (χ3n) is 2.83. The number of hydrogen-bond donors (Lipinski definition) is 1. The van der Waals surface area contributed by atoms with Crippen molar-refractivity contribution in [2.45, 2.75) is 33.4 Å². The fourth-order valence-corrected chi connectivity index (χ4v) is 1.68. The Bertz CT molecular complexity index is 326. The summed E-state index contributed by atoms with van der Waals surface area (Å²) in [5.41, 5.74) is 2.48. The van der Waals surface area contributed by atoms with Crippen molar-refractivity contribution in [1.29, 1.82) is 0 Å². The monoisotopic (exact) mass is 255 g/mol. The largest absolute Gasteiger partial charge is 0.382 e. The lowest BCUT2D eigenvalue weighted by molar-refractivity contribution is 0.0652. The van der Waals surface area contributed by atoms with E-state index < -0.39 is 0 Å². The van der Waals surface area contributed by atoms with Gasteiger partial charge in [-0.15, -0.1) is 0 Å². The Hall–Kier alpha value is -0.910. The van der Waals surface area contributed by atoms with E-state index in [1.807, 2.05) is 10.9 Å². The van der Waals surface area contributed by atoms with E-state index >= 15 is 0 Å². The summed E-state index contributed by atoms with van der Waals surface area (Å²) in [5, 5.41) is 7.77. The van der Waals surface area contributed by atoms with Gasteiger partial charge in [-0.25, -0.2) is 0 Å². The number of nitrogens with one attached hydrogen (secondary N) is 1. The van der Waals surface area contributed by atoms with Gasteiger partial charge in [-0.3, -0.25) is 4.68 Å². The lowest BCUT2D eigenvalue weighted by Gasteiger charge is -2.07. The zero-order valence-corrected chi connectivity index (χ0v) is 11.7. The first-order chi connectivity index (χ1) is 8.79. The van der Waals surface area contributed by atoms with Gasteiger partial charge in [-0.05, 0) is 19.9 Å². The maximum absolute atomic E-state index is 5.44. The van der Waals surface area contributed by atoms with Gasteiger partial charge in [0.2, 0.25) is 0 Å². The number of aromatic nitrogens is 2. The molecule has 0 aliphatic carbocycles. The van der Waals surface area contributed by atoms with Crippen molar-refractivity contribution in [3.8, 4) is 0 Å². The Labute approximate surface area is 109 Å². The smallest absolute Gasteiger partial charge is 0.0701 e. The molecule has 1 heterocycles. The molecule has 0 fully saturated rings. The molecule has 0 aliphatic rings. The fraction of sp³-hybridized carbons (Fsp3) is 0.769. The van der Waals surface area contributed by atoms with Crippen LogP contribution in [0.1, 0.15) is 24.6 Å². The minimum atomic E-state index is 0.641. The number of methoxy groups -OCH3 is 1. The highest BCUT2D eigenvalue weighted by Gasteiger charge is 2.05. The molecule has 0 bridgehead atoms. The minimum absolute atomic E-state index is 0.641. The predicted octanol–water partition coefficient (Wildman–Crippen LogP) is 1.35. The third kappa shape index (κ3) is 5.16. The fourth-order valence-electron chi connectivity index (χ4n) is 1.68. The van der Waals surface area contributed by atoms with E-state index in [1.165, 1.54) is 11.3 Å². The van der Waals surface area contributed by atoms with Crippen molar-refractivity contribution >= 4 is 0 Å². The van der Waals surface area contributed by atoms with E-state index in [1.54, 1.807) is 7.11 Å². The number of rotatable bonds is 10. The molecule has 0 unspecified atom stereocenters. The summed E-state index contributed by atoms with van der Waals surface area (Å²) < 4.78 is 12.4. The van der Waals surface area contributed by atoms with Gasteiger partial charge in [0.05, 0.1) is 32.6 Å². The van der Waals surface area contributed by atoms with Gasteiger partial charge in [0.1, 0.15) is 0 Å². The highest BCUT2D eigenvalue weighted by atomic mass is 16.5. The molecule has 1 N–H and O–H groups in total. The second-order valence-corrected chi connectivity index (χ2v) is 4.26. The Morgan fingerprint density at radius 1 is 1.33 bits per heavy atom. The Morgan fingerprint density at radius 2 is 2.17 bits per heavy atom. The van der Waals surface area contributed by atoms with Crippen molar-refractivity contribution in [2.24, 2.45) is 0 Å². The van der Waals surface area contributed by atoms with Crippen LogP contribution in [0.4, 0.5) is 0 Å². The first-order valence-corrected chi connectivity index (χ1v) is 6.58. The van der Waals surface area contributed by atoms with E-state index in [-0.39, 0.29) is 0 Å². The molecule has 104 valence electrons. The number of hydrogen-bond acceptors (Lipinski definition) is 4. The molecule has 0 amide bonds. The summed E-state index contributed by atoms with van der Waals surface area (Å²) in [6.45, 7) is 8.96.